The van der Waals surface area contributed by atoms with E-state index in [4.69, 9.17) is 0 Å². The fourth-order valence-electron chi connectivity index (χ4n) is 4.99. The monoisotopic (exact) mass is 251 g/mol. The highest BCUT2D eigenvalue weighted by Gasteiger charge is 2.61. The fraction of sp³-hybridized carbons (Fsp3) is 0.500. The first kappa shape index (κ1) is 10.2. The Bertz CT molecular complexity index is 565. The molecule has 19 heavy (non-hydrogen) atoms. The highest BCUT2D eigenvalue weighted by Crippen LogP contribution is 2.60. The second kappa shape index (κ2) is 3.47. The molecule has 0 saturated heterocycles. The molecule has 2 fully saturated rings. The third-order valence-electron chi connectivity index (χ3n) is 5.66. The molecule has 3 heteroatoms. The van der Waals surface area contributed by atoms with Gasteiger partial charge < -0.3 is 0 Å². The first-order valence-electron chi connectivity index (χ1n) is 7.35. The van der Waals surface area contributed by atoms with Crippen LogP contribution in [-0.4, -0.2) is 12.1 Å². The van der Waals surface area contributed by atoms with Gasteiger partial charge in [0.05, 0.1) is 17.8 Å². The quantitative estimate of drug-likeness (QED) is 0.702. The number of para-hydroxylation sites is 1. The molecular formula is C16H17N3. The van der Waals surface area contributed by atoms with E-state index in [-0.39, 0.29) is 0 Å². The lowest BCUT2D eigenvalue weighted by atomic mass is 9.76. The van der Waals surface area contributed by atoms with Crippen LogP contribution in [-0.2, 0) is 0 Å². The van der Waals surface area contributed by atoms with Crippen molar-refractivity contribution < 1.29 is 0 Å². The minimum Gasteiger partial charge on any atom is -0.242 e. The Labute approximate surface area is 113 Å². The molecule has 2 saturated carbocycles. The second-order valence-electron chi connectivity index (χ2n) is 6.33. The molecule has 0 amide bonds. The van der Waals surface area contributed by atoms with Crippen molar-refractivity contribution in [1.29, 1.82) is 0 Å². The van der Waals surface area contributed by atoms with Gasteiger partial charge in [-0.3, -0.25) is 0 Å². The van der Waals surface area contributed by atoms with Crippen LogP contribution >= 0.6 is 0 Å². The molecule has 4 aliphatic rings. The number of hydrogen-bond acceptors (Lipinski definition) is 3. The van der Waals surface area contributed by atoms with Crippen LogP contribution in [0.15, 0.2) is 52.8 Å². The van der Waals surface area contributed by atoms with E-state index in [1.165, 1.54) is 18.5 Å². The Morgan fingerprint density at radius 1 is 1.05 bits per heavy atom. The van der Waals surface area contributed by atoms with Gasteiger partial charge in [0.15, 0.2) is 0 Å². The minimum absolute atomic E-state index is 0.450. The van der Waals surface area contributed by atoms with E-state index in [1.54, 1.807) is 0 Å². The lowest BCUT2D eigenvalue weighted by Crippen LogP contribution is -2.44. The van der Waals surface area contributed by atoms with Crippen molar-refractivity contribution in [2.45, 2.75) is 24.9 Å². The van der Waals surface area contributed by atoms with Crippen LogP contribution in [0.4, 0.5) is 5.69 Å². The van der Waals surface area contributed by atoms with Crippen LogP contribution in [0, 0.1) is 23.7 Å². The smallest absolute Gasteiger partial charge is 0.0988 e. The van der Waals surface area contributed by atoms with Crippen LogP contribution in [0.5, 0.6) is 0 Å². The highest BCUT2D eigenvalue weighted by atomic mass is 15.6. The molecule has 3 nitrogen and oxygen atoms in total. The summed E-state index contributed by atoms with van der Waals surface area (Å²) in [6, 6.07) is 11.5. The van der Waals surface area contributed by atoms with Gasteiger partial charge in [0, 0.05) is 0 Å². The SMILES string of the molecule is C1=C[C@@H]2[C@H]3C[C@H]([C@H]2C1)[C@@H]1N=NN(c2ccccc2)[C@@H]31. The van der Waals surface area contributed by atoms with Gasteiger partial charge in [-0.15, -0.1) is 0 Å². The molecule has 1 aromatic carbocycles. The van der Waals surface area contributed by atoms with Gasteiger partial charge in [-0.25, -0.2) is 5.01 Å². The molecule has 0 aromatic heterocycles. The Kier molecular flexibility index (Phi) is 1.86. The van der Waals surface area contributed by atoms with Crippen LogP contribution in [0.3, 0.4) is 0 Å². The molecule has 6 atom stereocenters. The summed E-state index contributed by atoms with van der Waals surface area (Å²) < 4.78 is 0. The van der Waals surface area contributed by atoms with E-state index < -0.39 is 0 Å². The molecule has 0 radical (unpaired) electrons. The molecule has 0 unspecified atom stereocenters. The molecule has 1 aromatic rings. The molecule has 0 spiro atoms. The standard InChI is InChI=1S/C16H17N3/c1-2-5-10(6-3-1)19-16-14-9-13(15(16)17-18-19)11-7-4-8-12(11)14/h1-6,8,11-16H,7,9H2/t11-,12-,13+,14+,15-,16-/m0/s1. The van der Waals surface area contributed by atoms with E-state index in [2.05, 4.69) is 57.8 Å². The van der Waals surface area contributed by atoms with Gasteiger partial charge in [0.25, 0.3) is 0 Å². The highest BCUT2D eigenvalue weighted by molar-refractivity contribution is 5.48. The van der Waals surface area contributed by atoms with Crippen LogP contribution in [0.1, 0.15) is 12.8 Å². The van der Waals surface area contributed by atoms with Crippen LogP contribution in [0.2, 0.25) is 0 Å². The summed E-state index contributed by atoms with van der Waals surface area (Å²) in [5, 5.41) is 11.3. The van der Waals surface area contributed by atoms with Crippen molar-refractivity contribution in [1.82, 2.24) is 0 Å². The Hall–Kier alpha value is -1.64. The summed E-state index contributed by atoms with van der Waals surface area (Å²) in [6.45, 7) is 0. The summed E-state index contributed by atoms with van der Waals surface area (Å²) in [4.78, 5) is 0. The minimum atomic E-state index is 0.450. The second-order valence-corrected chi connectivity index (χ2v) is 6.33. The number of hydrogen-bond donors (Lipinski definition) is 0. The van der Waals surface area contributed by atoms with Crippen molar-refractivity contribution in [3.8, 4) is 0 Å². The van der Waals surface area contributed by atoms with Crippen LogP contribution < -0.4 is 5.01 Å². The van der Waals surface area contributed by atoms with Crippen molar-refractivity contribution in [2.75, 3.05) is 5.01 Å². The van der Waals surface area contributed by atoms with E-state index in [1.807, 2.05) is 0 Å². The zero-order valence-electron chi connectivity index (χ0n) is 10.8. The topological polar surface area (TPSA) is 28.0 Å². The van der Waals surface area contributed by atoms with Crippen molar-refractivity contribution in [2.24, 2.45) is 34.0 Å². The number of allylic oxidation sites excluding steroid dienone is 2. The van der Waals surface area contributed by atoms with Crippen molar-refractivity contribution in [3.63, 3.8) is 0 Å². The fourth-order valence-corrected chi connectivity index (χ4v) is 4.99. The molecule has 1 aliphatic heterocycles. The molecular weight excluding hydrogens is 234 g/mol. The first-order chi connectivity index (χ1) is 9.43. The number of anilines is 1. The number of nitrogens with zero attached hydrogens (tertiary/aromatic N) is 3. The zero-order chi connectivity index (χ0) is 12.4. The van der Waals surface area contributed by atoms with E-state index in [0.717, 1.165) is 23.7 Å². The molecule has 2 bridgehead atoms. The van der Waals surface area contributed by atoms with Crippen molar-refractivity contribution >= 4 is 5.69 Å². The van der Waals surface area contributed by atoms with E-state index in [9.17, 15) is 0 Å². The molecule has 96 valence electrons. The summed E-state index contributed by atoms with van der Waals surface area (Å²) in [5.74, 6) is 3.18. The predicted octanol–water partition coefficient (Wildman–Crippen LogP) is 3.45. The third kappa shape index (κ3) is 1.18. The predicted molar refractivity (Wildman–Crippen MR) is 73.7 cm³/mol. The van der Waals surface area contributed by atoms with Crippen LogP contribution in [0.25, 0.3) is 0 Å². The number of fused-ring (bicyclic) bond motifs is 8. The maximum Gasteiger partial charge on any atom is 0.0988 e. The molecule has 3 aliphatic carbocycles. The van der Waals surface area contributed by atoms with Gasteiger partial charge in [-0.1, -0.05) is 35.6 Å². The zero-order valence-corrected chi connectivity index (χ0v) is 10.8. The largest absolute Gasteiger partial charge is 0.242 e. The van der Waals surface area contributed by atoms with Gasteiger partial charge in [0.1, 0.15) is 0 Å². The van der Waals surface area contributed by atoms with Gasteiger partial charge in [-0.05, 0) is 48.6 Å². The van der Waals surface area contributed by atoms with Gasteiger partial charge in [0.2, 0.25) is 0 Å². The lowest BCUT2D eigenvalue weighted by molar-refractivity contribution is 0.238. The van der Waals surface area contributed by atoms with Crippen molar-refractivity contribution in [3.05, 3.63) is 42.5 Å². The van der Waals surface area contributed by atoms with Gasteiger partial charge >= 0.3 is 0 Å². The Balaban J connectivity index is 1.53. The Morgan fingerprint density at radius 2 is 1.95 bits per heavy atom. The Morgan fingerprint density at radius 3 is 2.84 bits per heavy atom. The first-order valence-corrected chi connectivity index (χ1v) is 7.35. The summed E-state index contributed by atoms with van der Waals surface area (Å²) in [5.41, 5.74) is 1.20. The average Bonchev–Trinajstić information content (AvgIpc) is 3.17. The van der Waals surface area contributed by atoms with Gasteiger partial charge in [-0.2, -0.15) is 5.11 Å². The van der Waals surface area contributed by atoms with E-state index in [0.29, 0.717) is 12.1 Å². The number of rotatable bonds is 1. The summed E-state index contributed by atoms with van der Waals surface area (Å²) in [7, 11) is 0. The summed E-state index contributed by atoms with van der Waals surface area (Å²) >= 11 is 0. The average molecular weight is 251 g/mol. The molecule has 0 N–H and O–H groups in total. The maximum atomic E-state index is 4.62. The summed E-state index contributed by atoms with van der Waals surface area (Å²) in [6.07, 6.45) is 7.49. The van der Waals surface area contributed by atoms with E-state index >= 15 is 0 Å². The molecule has 1 heterocycles. The normalized spacial score (nSPS) is 44.9. The maximum absolute atomic E-state index is 4.62. The molecule has 5 rings (SSSR count). The lowest BCUT2D eigenvalue weighted by Gasteiger charge is -2.35. The third-order valence-corrected chi connectivity index (χ3v) is 5.66. The number of benzene rings is 1.